The number of hydrogen-bond acceptors (Lipinski definition) is 3. The van der Waals surface area contributed by atoms with Crippen LogP contribution in [-0.2, 0) is 4.74 Å². The molecule has 2 N–H and O–H groups in total. The smallest absolute Gasteiger partial charge is 0.0986 e. The highest BCUT2D eigenvalue weighted by molar-refractivity contribution is 7.10. The van der Waals surface area contributed by atoms with Gasteiger partial charge < -0.3 is 10.5 Å². The van der Waals surface area contributed by atoms with Crippen LogP contribution in [0.5, 0.6) is 0 Å². The minimum Gasteiger partial charge on any atom is -0.372 e. The number of hydrogen-bond donors (Lipinski definition) is 1. The molecule has 0 amide bonds. The fraction of sp³-hybridized carbons (Fsp3) is 0.600. The molecule has 1 aromatic heterocycles. The third kappa shape index (κ3) is 1.77. The van der Waals surface area contributed by atoms with Gasteiger partial charge >= 0.3 is 0 Å². The number of thiophene rings is 1. The molecule has 1 aliphatic heterocycles. The largest absolute Gasteiger partial charge is 0.372 e. The van der Waals surface area contributed by atoms with E-state index >= 15 is 0 Å². The van der Waals surface area contributed by atoms with Crippen molar-refractivity contribution in [2.24, 2.45) is 5.73 Å². The summed E-state index contributed by atoms with van der Waals surface area (Å²) in [6.07, 6.45) is 2.32. The first-order valence-corrected chi connectivity index (χ1v) is 5.58. The van der Waals surface area contributed by atoms with Gasteiger partial charge in [0.15, 0.2) is 0 Å². The summed E-state index contributed by atoms with van der Waals surface area (Å²) in [6.45, 7) is 2.98. The Morgan fingerprint density at radius 3 is 3.08 bits per heavy atom. The molecule has 0 bridgehead atoms. The molecule has 1 aliphatic rings. The van der Waals surface area contributed by atoms with Gasteiger partial charge in [-0.15, -0.1) is 11.3 Å². The van der Waals surface area contributed by atoms with Crippen LogP contribution >= 0.6 is 11.3 Å². The molecular weight excluding hydrogens is 182 g/mol. The SMILES string of the molecule is Cc1sccc1C1OCCCC1N. The maximum atomic E-state index is 6.02. The van der Waals surface area contributed by atoms with Crippen LogP contribution in [0.15, 0.2) is 11.4 Å². The van der Waals surface area contributed by atoms with E-state index in [2.05, 4.69) is 18.4 Å². The Hall–Kier alpha value is -0.380. The van der Waals surface area contributed by atoms with Gasteiger partial charge in [-0.25, -0.2) is 0 Å². The van der Waals surface area contributed by atoms with Crippen molar-refractivity contribution in [3.8, 4) is 0 Å². The van der Waals surface area contributed by atoms with Gasteiger partial charge in [0.05, 0.1) is 6.10 Å². The quantitative estimate of drug-likeness (QED) is 0.749. The topological polar surface area (TPSA) is 35.2 Å². The molecule has 3 heteroatoms. The molecule has 2 unspecified atom stereocenters. The van der Waals surface area contributed by atoms with Crippen LogP contribution in [-0.4, -0.2) is 12.6 Å². The fourth-order valence-electron chi connectivity index (χ4n) is 1.81. The number of ether oxygens (including phenoxy) is 1. The standard InChI is InChI=1S/C10H15NOS/c1-7-8(4-6-13-7)10-9(11)3-2-5-12-10/h4,6,9-10H,2-3,5,11H2,1H3. The van der Waals surface area contributed by atoms with Gasteiger partial charge in [-0.1, -0.05) is 0 Å². The molecule has 2 rings (SSSR count). The van der Waals surface area contributed by atoms with Crippen molar-refractivity contribution >= 4 is 11.3 Å². The van der Waals surface area contributed by atoms with Gasteiger partial charge in [-0.3, -0.25) is 0 Å². The lowest BCUT2D eigenvalue weighted by molar-refractivity contribution is 0.0000750. The molecule has 2 nitrogen and oxygen atoms in total. The van der Waals surface area contributed by atoms with Crippen LogP contribution in [0.2, 0.25) is 0 Å². The van der Waals surface area contributed by atoms with Gasteiger partial charge in [-0.2, -0.15) is 0 Å². The van der Waals surface area contributed by atoms with Crippen LogP contribution in [0.1, 0.15) is 29.4 Å². The molecule has 1 saturated heterocycles. The van der Waals surface area contributed by atoms with Crippen molar-refractivity contribution in [3.63, 3.8) is 0 Å². The lowest BCUT2D eigenvalue weighted by atomic mass is 9.97. The zero-order valence-electron chi connectivity index (χ0n) is 7.82. The Balaban J connectivity index is 2.19. The Morgan fingerprint density at radius 2 is 2.46 bits per heavy atom. The third-order valence-corrected chi connectivity index (χ3v) is 3.43. The van der Waals surface area contributed by atoms with Crippen LogP contribution in [0, 0.1) is 6.92 Å². The first kappa shape index (κ1) is 9.19. The van der Waals surface area contributed by atoms with E-state index in [1.165, 1.54) is 10.4 Å². The lowest BCUT2D eigenvalue weighted by Gasteiger charge is -2.29. The van der Waals surface area contributed by atoms with Crippen molar-refractivity contribution in [3.05, 3.63) is 21.9 Å². The van der Waals surface area contributed by atoms with Crippen molar-refractivity contribution < 1.29 is 4.74 Å². The summed E-state index contributed by atoms with van der Waals surface area (Å²) in [5.41, 5.74) is 7.31. The molecule has 0 aliphatic carbocycles. The summed E-state index contributed by atoms with van der Waals surface area (Å²) in [4.78, 5) is 1.34. The molecular formula is C10H15NOS. The average molecular weight is 197 g/mol. The molecule has 72 valence electrons. The van der Waals surface area contributed by atoms with E-state index < -0.39 is 0 Å². The van der Waals surface area contributed by atoms with Crippen LogP contribution in [0.25, 0.3) is 0 Å². The molecule has 2 atom stereocenters. The Bertz CT molecular complexity index is 284. The monoisotopic (exact) mass is 197 g/mol. The normalized spacial score (nSPS) is 29.1. The maximum absolute atomic E-state index is 6.02. The summed E-state index contributed by atoms with van der Waals surface area (Å²) in [5, 5.41) is 2.11. The van der Waals surface area contributed by atoms with Crippen LogP contribution in [0.4, 0.5) is 0 Å². The first-order valence-electron chi connectivity index (χ1n) is 4.70. The summed E-state index contributed by atoms with van der Waals surface area (Å²) in [5.74, 6) is 0. The number of rotatable bonds is 1. The van der Waals surface area contributed by atoms with E-state index in [0.29, 0.717) is 0 Å². The predicted octanol–water partition coefficient (Wildman–Crippen LogP) is 2.24. The van der Waals surface area contributed by atoms with Crippen molar-refractivity contribution in [1.82, 2.24) is 0 Å². The zero-order valence-corrected chi connectivity index (χ0v) is 8.64. The van der Waals surface area contributed by atoms with E-state index in [0.717, 1.165) is 19.4 Å². The molecule has 0 saturated carbocycles. The number of nitrogens with two attached hydrogens (primary N) is 1. The van der Waals surface area contributed by atoms with Crippen molar-refractivity contribution in [2.45, 2.75) is 31.9 Å². The fourth-order valence-corrected chi connectivity index (χ4v) is 2.55. The summed E-state index contributed by atoms with van der Waals surface area (Å²) in [6, 6.07) is 2.32. The number of aryl methyl sites for hydroxylation is 1. The van der Waals surface area contributed by atoms with Crippen molar-refractivity contribution in [2.75, 3.05) is 6.61 Å². The maximum Gasteiger partial charge on any atom is 0.0986 e. The van der Waals surface area contributed by atoms with Crippen LogP contribution < -0.4 is 5.73 Å². The zero-order chi connectivity index (χ0) is 9.26. The molecule has 13 heavy (non-hydrogen) atoms. The summed E-state index contributed by atoms with van der Waals surface area (Å²) in [7, 11) is 0. The summed E-state index contributed by atoms with van der Waals surface area (Å²) < 4.78 is 5.70. The predicted molar refractivity (Wildman–Crippen MR) is 55.0 cm³/mol. The second-order valence-electron chi connectivity index (χ2n) is 3.53. The molecule has 1 fully saturated rings. The highest BCUT2D eigenvalue weighted by Gasteiger charge is 2.25. The van der Waals surface area contributed by atoms with E-state index in [1.54, 1.807) is 11.3 Å². The van der Waals surface area contributed by atoms with E-state index in [9.17, 15) is 0 Å². The van der Waals surface area contributed by atoms with E-state index in [4.69, 9.17) is 10.5 Å². The van der Waals surface area contributed by atoms with E-state index in [-0.39, 0.29) is 12.1 Å². The van der Waals surface area contributed by atoms with Gasteiger partial charge in [-0.05, 0) is 36.8 Å². The average Bonchev–Trinajstić information content (AvgIpc) is 2.52. The van der Waals surface area contributed by atoms with Gasteiger partial charge in [0.1, 0.15) is 0 Å². The van der Waals surface area contributed by atoms with Crippen LogP contribution in [0.3, 0.4) is 0 Å². The third-order valence-electron chi connectivity index (χ3n) is 2.57. The second kappa shape index (κ2) is 3.78. The highest BCUT2D eigenvalue weighted by atomic mass is 32.1. The second-order valence-corrected chi connectivity index (χ2v) is 4.65. The first-order chi connectivity index (χ1) is 6.29. The Labute approximate surface area is 82.7 Å². The Morgan fingerprint density at radius 1 is 1.62 bits per heavy atom. The highest BCUT2D eigenvalue weighted by Crippen LogP contribution is 2.31. The van der Waals surface area contributed by atoms with Crippen molar-refractivity contribution in [1.29, 1.82) is 0 Å². The molecule has 0 aromatic carbocycles. The van der Waals surface area contributed by atoms with E-state index in [1.807, 2.05) is 0 Å². The van der Waals surface area contributed by atoms with Gasteiger partial charge in [0.25, 0.3) is 0 Å². The molecule has 2 heterocycles. The lowest BCUT2D eigenvalue weighted by Crippen LogP contribution is -2.34. The Kier molecular flexibility index (Phi) is 2.67. The van der Waals surface area contributed by atoms with Gasteiger partial charge in [0.2, 0.25) is 0 Å². The minimum absolute atomic E-state index is 0.139. The summed E-state index contributed by atoms with van der Waals surface area (Å²) >= 11 is 1.76. The van der Waals surface area contributed by atoms with Gasteiger partial charge in [0, 0.05) is 17.5 Å². The molecule has 0 radical (unpaired) electrons. The molecule has 0 spiro atoms. The minimum atomic E-state index is 0.139. The molecule has 1 aromatic rings.